The highest BCUT2D eigenvalue weighted by Gasteiger charge is 2.16. The van der Waals surface area contributed by atoms with Crippen LogP contribution in [-0.2, 0) is 19.5 Å². The van der Waals surface area contributed by atoms with Gasteiger partial charge in [-0.3, -0.25) is 4.99 Å². The third-order valence-corrected chi connectivity index (χ3v) is 5.24. The number of benzene rings is 1. The van der Waals surface area contributed by atoms with Gasteiger partial charge in [-0.2, -0.15) is 0 Å². The van der Waals surface area contributed by atoms with E-state index in [0.717, 1.165) is 47.6 Å². The van der Waals surface area contributed by atoms with E-state index in [0.29, 0.717) is 19.8 Å². The van der Waals surface area contributed by atoms with Crippen molar-refractivity contribution >= 4 is 5.96 Å². The van der Waals surface area contributed by atoms with Gasteiger partial charge in [-0.1, -0.05) is 12.5 Å². The lowest BCUT2D eigenvalue weighted by Gasteiger charge is -2.20. The number of nitrogens with zero attached hydrogens (tertiary/aromatic N) is 4. The van der Waals surface area contributed by atoms with Gasteiger partial charge in [-0.05, 0) is 51.3 Å². The van der Waals surface area contributed by atoms with Crippen LogP contribution in [0.5, 0.6) is 11.5 Å². The number of hydrogen-bond donors (Lipinski definition) is 2. The third-order valence-electron chi connectivity index (χ3n) is 5.24. The molecule has 2 heterocycles. The molecular weight excluding hydrogens is 380 g/mol. The molecule has 1 aliphatic heterocycles. The van der Waals surface area contributed by atoms with Crippen LogP contribution in [0.25, 0.3) is 0 Å². The van der Waals surface area contributed by atoms with E-state index in [2.05, 4.69) is 43.4 Å². The summed E-state index contributed by atoms with van der Waals surface area (Å²) in [5, 5.41) is 15.6. The average molecular weight is 415 g/mol. The zero-order valence-electron chi connectivity index (χ0n) is 18.6. The van der Waals surface area contributed by atoms with Gasteiger partial charge in [0.1, 0.15) is 5.82 Å². The largest absolute Gasteiger partial charge is 0.490 e. The maximum absolute atomic E-state index is 5.75. The van der Waals surface area contributed by atoms with Crippen LogP contribution < -0.4 is 20.1 Å². The van der Waals surface area contributed by atoms with E-state index in [9.17, 15) is 0 Å². The highest BCUT2D eigenvalue weighted by atomic mass is 16.5. The number of fused-ring (bicyclic) bond motifs is 1. The van der Waals surface area contributed by atoms with Gasteiger partial charge in [0.05, 0.1) is 25.8 Å². The summed E-state index contributed by atoms with van der Waals surface area (Å²) in [5.41, 5.74) is 1.10. The van der Waals surface area contributed by atoms with E-state index >= 15 is 0 Å². The third kappa shape index (κ3) is 5.43. The molecule has 0 radical (unpaired) electrons. The molecule has 0 spiro atoms. The second-order valence-electron chi connectivity index (χ2n) is 7.36. The van der Waals surface area contributed by atoms with Gasteiger partial charge in [-0.15, -0.1) is 10.2 Å². The molecule has 164 valence electrons. The SMILES string of the molecule is CCOc1ccc(C(C)NC(=NC)NCc2nnc3n2CCCCC3)cc1OCC. The number of aryl methyl sites for hydroxylation is 1. The zero-order valence-corrected chi connectivity index (χ0v) is 18.6. The molecule has 0 bridgehead atoms. The quantitative estimate of drug-likeness (QED) is 0.510. The Morgan fingerprint density at radius 1 is 1.13 bits per heavy atom. The summed E-state index contributed by atoms with van der Waals surface area (Å²) in [6, 6.07) is 6.08. The highest BCUT2D eigenvalue weighted by Crippen LogP contribution is 2.30. The van der Waals surface area contributed by atoms with Gasteiger partial charge in [0.2, 0.25) is 0 Å². The van der Waals surface area contributed by atoms with Crippen molar-refractivity contribution in [3.8, 4) is 11.5 Å². The van der Waals surface area contributed by atoms with Crippen LogP contribution in [0.15, 0.2) is 23.2 Å². The number of ether oxygens (including phenoxy) is 2. The van der Waals surface area contributed by atoms with Gasteiger partial charge in [0.15, 0.2) is 23.3 Å². The van der Waals surface area contributed by atoms with E-state index in [1.165, 1.54) is 19.3 Å². The molecule has 1 aromatic carbocycles. The predicted molar refractivity (Wildman–Crippen MR) is 118 cm³/mol. The van der Waals surface area contributed by atoms with Crippen molar-refractivity contribution < 1.29 is 9.47 Å². The summed E-state index contributed by atoms with van der Waals surface area (Å²) in [4.78, 5) is 4.37. The average Bonchev–Trinajstić information content (AvgIpc) is 2.98. The Labute approximate surface area is 179 Å². The van der Waals surface area contributed by atoms with Crippen LogP contribution in [0.1, 0.15) is 63.3 Å². The van der Waals surface area contributed by atoms with E-state index in [1.807, 2.05) is 26.0 Å². The lowest BCUT2D eigenvalue weighted by Crippen LogP contribution is -2.38. The molecule has 0 saturated carbocycles. The maximum Gasteiger partial charge on any atom is 0.191 e. The highest BCUT2D eigenvalue weighted by molar-refractivity contribution is 5.80. The molecule has 1 atom stereocenters. The molecule has 0 saturated heterocycles. The molecular formula is C22H34N6O2. The molecule has 1 aromatic heterocycles. The number of nitrogens with one attached hydrogen (secondary N) is 2. The van der Waals surface area contributed by atoms with Gasteiger partial charge in [0, 0.05) is 20.0 Å². The lowest BCUT2D eigenvalue weighted by molar-refractivity contribution is 0.287. The summed E-state index contributed by atoms with van der Waals surface area (Å²) < 4.78 is 13.7. The number of guanidine groups is 1. The molecule has 2 aromatic rings. The van der Waals surface area contributed by atoms with E-state index < -0.39 is 0 Å². The lowest BCUT2D eigenvalue weighted by atomic mass is 10.1. The zero-order chi connectivity index (χ0) is 21.3. The summed E-state index contributed by atoms with van der Waals surface area (Å²) in [5.74, 6) is 4.31. The Morgan fingerprint density at radius 2 is 1.93 bits per heavy atom. The summed E-state index contributed by atoms with van der Waals surface area (Å²) in [6.07, 6.45) is 4.64. The summed E-state index contributed by atoms with van der Waals surface area (Å²) in [6.45, 7) is 8.83. The first-order chi connectivity index (χ1) is 14.7. The molecule has 1 unspecified atom stereocenters. The van der Waals surface area contributed by atoms with Crippen molar-refractivity contribution in [2.45, 2.75) is 65.6 Å². The molecule has 8 heteroatoms. The number of aliphatic imine (C=N–C) groups is 1. The number of aromatic nitrogens is 3. The predicted octanol–water partition coefficient (Wildman–Crippen LogP) is 3.23. The molecule has 0 amide bonds. The molecule has 30 heavy (non-hydrogen) atoms. The second kappa shape index (κ2) is 10.8. The van der Waals surface area contributed by atoms with Gasteiger partial charge in [-0.25, -0.2) is 0 Å². The molecule has 0 fully saturated rings. The van der Waals surface area contributed by atoms with Crippen molar-refractivity contribution in [3.63, 3.8) is 0 Å². The van der Waals surface area contributed by atoms with Crippen molar-refractivity contribution in [1.29, 1.82) is 0 Å². The molecule has 1 aliphatic rings. The maximum atomic E-state index is 5.75. The topological polar surface area (TPSA) is 85.6 Å². The fourth-order valence-corrected chi connectivity index (χ4v) is 3.66. The standard InChI is InChI=1S/C22H34N6O2/c1-5-29-18-12-11-17(14-19(18)30-6-2)16(3)25-22(23-4)24-15-21-27-26-20-10-8-7-9-13-28(20)21/h11-12,14,16H,5-10,13,15H2,1-4H3,(H2,23,24,25). The smallest absolute Gasteiger partial charge is 0.191 e. The van der Waals surface area contributed by atoms with Crippen LogP contribution >= 0.6 is 0 Å². The summed E-state index contributed by atoms with van der Waals surface area (Å²) in [7, 11) is 1.77. The Balaban J connectivity index is 1.63. The first-order valence-corrected chi connectivity index (χ1v) is 10.9. The minimum atomic E-state index is 0.0431. The molecule has 2 N–H and O–H groups in total. The van der Waals surface area contributed by atoms with E-state index in [1.54, 1.807) is 7.05 Å². The van der Waals surface area contributed by atoms with Crippen molar-refractivity contribution in [2.24, 2.45) is 4.99 Å². The number of rotatable bonds is 8. The Kier molecular flexibility index (Phi) is 7.93. The van der Waals surface area contributed by atoms with E-state index in [-0.39, 0.29) is 6.04 Å². The van der Waals surface area contributed by atoms with E-state index in [4.69, 9.17) is 9.47 Å². The first kappa shape index (κ1) is 21.9. The molecule has 0 aliphatic carbocycles. The normalized spacial score (nSPS) is 15.1. The van der Waals surface area contributed by atoms with Gasteiger partial charge >= 0.3 is 0 Å². The fraction of sp³-hybridized carbons (Fsp3) is 0.591. The van der Waals surface area contributed by atoms with Crippen LogP contribution in [0.4, 0.5) is 0 Å². The summed E-state index contributed by atoms with van der Waals surface area (Å²) >= 11 is 0. The second-order valence-corrected chi connectivity index (χ2v) is 7.36. The minimum absolute atomic E-state index is 0.0431. The first-order valence-electron chi connectivity index (χ1n) is 10.9. The fourth-order valence-electron chi connectivity index (χ4n) is 3.66. The van der Waals surface area contributed by atoms with Gasteiger partial charge in [0.25, 0.3) is 0 Å². The van der Waals surface area contributed by atoms with Crippen molar-refractivity contribution in [3.05, 3.63) is 35.4 Å². The molecule has 8 nitrogen and oxygen atoms in total. The van der Waals surface area contributed by atoms with Crippen molar-refractivity contribution in [2.75, 3.05) is 20.3 Å². The van der Waals surface area contributed by atoms with Crippen LogP contribution in [0, 0.1) is 0 Å². The number of hydrogen-bond acceptors (Lipinski definition) is 5. The minimum Gasteiger partial charge on any atom is -0.490 e. The van der Waals surface area contributed by atoms with Crippen LogP contribution in [0.2, 0.25) is 0 Å². The Bertz CT molecular complexity index is 848. The molecule has 3 rings (SSSR count). The Morgan fingerprint density at radius 3 is 2.70 bits per heavy atom. The van der Waals surface area contributed by atoms with Crippen LogP contribution in [0.3, 0.4) is 0 Å². The van der Waals surface area contributed by atoms with Crippen LogP contribution in [-0.4, -0.2) is 41.0 Å². The van der Waals surface area contributed by atoms with Gasteiger partial charge < -0.3 is 24.7 Å². The monoisotopic (exact) mass is 414 g/mol. The van der Waals surface area contributed by atoms with Crippen molar-refractivity contribution in [1.82, 2.24) is 25.4 Å². The Hall–Kier alpha value is -2.77.